The zero-order valence-corrected chi connectivity index (χ0v) is 17.1. The van der Waals surface area contributed by atoms with Gasteiger partial charge in [-0.3, -0.25) is 9.69 Å². The van der Waals surface area contributed by atoms with Crippen LogP contribution >= 0.6 is 0 Å². The number of benzene rings is 2. The first-order valence-electron chi connectivity index (χ1n) is 10.2. The Hall–Kier alpha value is -3.41. The highest BCUT2D eigenvalue weighted by molar-refractivity contribution is 6.07. The molecule has 1 atom stereocenters. The molecule has 3 aromatic rings. The lowest BCUT2D eigenvalue weighted by Crippen LogP contribution is -2.46. The van der Waals surface area contributed by atoms with Crippen molar-refractivity contribution in [1.82, 2.24) is 15.2 Å². The lowest BCUT2D eigenvalue weighted by molar-refractivity contribution is -0.132. The molecule has 152 valence electrons. The SMILES string of the molecule is Cc1ccc(-c2nc(CN3C(=O)NC4(CCCc5ccccc54)C3=O)co2)c(C)c1. The zero-order valence-electron chi connectivity index (χ0n) is 17.1. The summed E-state index contributed by atoms with van der Waals surface area (Å²) in [6.07, 6.45) is 3.91. The van der Waals surface area contributed by atoms with Crippen LogP contribution in [0, 0.1) is 13.8 Å². The van der Waals surface area contributed by atoms with Gasteiger partial charge in [-0.2, -0.15) is 0 Å². The third-order valence-corrected chi connectivity index (χ3v) is 6.13. The van der Waals surface area contributed by atoms with Crippen LogP contribution in [-0.4, -0.2) is 21.8 Å². The molecule has 1 spiro atoms. The molecule has 2 aromatic carbocycles. The van der Waals surface area contributed by atoms with Gasteiger partial charge in [-0.15, -0.1) is 0 Å². The van der Waals surface area contributed by atoms with Gasteiger partial charge in [0.05, 0.1) is 12.2 Å². The van der Waals surface area contributed by atoms with Crippen molar-refractivity contribution in [3.63, 3.8) is 0 Å². The molecule has 1 aliphatic heterocycles. The van der Waals surface area contributed by atoms with E-state index >= 15 is 0 Å². The Morgan fingerprint density at radius 1 is 1.17 bits per heavy atom. The fraction of sp³-hybridized carbons (Fsp3) is 0.292. The number of imide groups is 1. The van der Waals surface area contributed by atoms with E-state index in [1.54, 1.807) is 0 Å². The summed E-state index contributed by atoms with van der Waals surface area (Å²) in [6, 6.07) is 13.5. The van der Waals surface area contributed by atoms with Gasteiger partial charge in [0.25, 0.3) is 5.91 Å². The summed E-state index contributed by atoms with van der Waals surface area (Å²) in [7, 11) is 0. The average Bonchev–Trinajstić information content (AvgIpc) is 3.28. The fourth-order valence-corrected chi connectivity index (χ4v) is 4.67. The molecule has 0 radical (unpaired) electrons. The number of nitrogens with zero attached hydrogens (tertiary/aromatic N) is 2. The Morgan fingerprint density at radius 3 is 2.83 bits per heavy atom. The van der Waals surface area contributed by atoms with Crippen LogP contribution < -0.4 is 5.32 Å². The van der Waals surface area contributed by atoms with Gasteiger partial charge in [-0.25, -0.2) is 9.78 Å². The van der Waals surface area contributed by atoms with E-state index < -0.39 is 5.54 Å². The van der Waals surface area contributed by atoms with Gasteiger partial charge in [-0.05, 0) is 55.9 Å². The predicted octanol–water partition coefficient (Wildman–Crippen LogP) is 4.24. The van der Waals surface area contributed by atoms with Gasteiger partial charge in [-0.1, -0.05) is 42.0 Å². The average molecular weight is 401 g/mol. The topological polar surface area (TPSA) is 75.4 Å². The predicted molar refractivity (Wildman–Crippen MR) is 112 cm³/mol. The van der Waals surface area contributed by atoms with Crippen molar-refractivity contribution in [2.24, 2.45) is 0 Å². The molecule has 1 saturated heterocycles. The molecule has 3 amide bonds. The van der Waals surface area contributed by atoms with Crippen molar-refractivity contribution in [2.75, 3.05) is 0 Å². The smallest absolute Gasteiger partial charge is 0.325 e. The molecule has 1 fully saturated rings. The maximum absolute atomic E-state index is 13.4. The number of aryl methyl sites for hydroxylation is 3. The second-order valence-electron chi connectivity index (χ2n) is 8.20. The Bertz CT molecular complexity index is 1170. The second kappa shape index (κ2) is 6.83. The van der Waals surface area contributed by atoms with Crippen LogP contribution in [0.5, 0.6) is 0 Å². The molecular weight excluding hydrogens is 378 g/mol. The van der Waals surface area contributed by atoms with E-state index in [4.69, 9.17) is 4.42 Å². The van der Waals surface area contributed by atoms with Crippen molar-refractivity contribution in [1.29, 1.82) is 0 Å². The highest BCUT2D eigenvalue weighted by Crippen LogP contribution is 2.40. The standard InChI is InChI=1S/C24H23N3O3/c1-15-9-10-19(16(2)12-15)21-25-18(14-30-21)13-27-22(28)24(26-23(27)29)11-5-7-17-6-3-4-8-20(17)24/h3-4,6,8-10,12,14H,5,7,11,13H2,1-2H3,(H,26,29). The van der Waals surface area contributed by atoms with E-state index in [0.29, 0.717) is 18.0 Å². The normalized spacial score (nSPS) is 20.5. The number of fused-ring (bicyclic) bond motifs is 2. The molecule has 6 nitrogen and oxygen atoms in total. The molecule has 1 aromatic heterocycles. The quantitative estimate of drug-likeness (QED) is 0.666. The summed E-state index contributed by atoms with van der Waals surface area (Å²) in [4.78, 5) is 32.0. The minimum Gasteiger partial charge on any atom is -0.444 e. The van der Waals surface area contributed by atoms with Gasteiger partial charge in [0, 0.05) is 5.56 Å². The number of nitrogens with one attached hydrogen (secondary N) is 1. The van der Waals surface area contributed by atoms with Gasteiger partial charge >= 0.3 is 6.03 Å². The van der Waals surface area contributed by atoms with Crippen molar-refractivity contribution in [3.05, 3.63) is 76.7 Å². The molecule has 1 unspecified atom stereocenters. The summed E-state index contributed by atoms with van der Waals surface area (Å²) < 4.78 is 5.66. The first kappa shape index (κ1) is 18.6. The Morgan fingerprint density at radius 2 is 2.00 bits per heavy atom. The summed E-state index contributed by atoms with van der Waals surface area (Å²) in [5.74, 6) is 0.281. The van der Waals surface area contributed by atoms with Gasteiger partial charge < -0.3 is 9.73 Å². The molecule has 2 heterocycles. The Balaban J connectivity index is 1.43. The van der Waals surface area contributed by atoms with E-state index in [1.807, 2.05) is 50.2 Å². The third kappa shape index (κ3) is 2.83. The first-order chi connectivity index (χ1) is 14.5. The maximum atomic E-state index is 13.4. The Kier molecular flexibility index (Phi) is 4.24. The largest absolute Gasteiger partial charge is 0.444 e. The van der Waals surface area contributed by atoms with Crippen LogP contribution in [0.3, 0.4) is 0 Å². The number of urea groups is 1. The van der Waals surface area contributed by atoms with Gasteiger partial charge in [0.15, 0.2) is 0 Å². The highest BCUT2D eigenvalue weighted by atomic mass is 16.3. The van der Waals surface area contributed by atoms with Crippen LogP contribution in [-0.2, 0) is 23.3 Å². The molecule has 6 heteroatoms. The number of aromatic nitrogens is 1. The summed E-state index contributed by atoms with van der Waals surface area (Å²) in [5, 5.41) is 2.98. The van der Waals surface area contributed by atoms with Crippen molar-refractivity contribution >= 4 is 11.9 Å². The molecule has 30 heavy (non-hydrogen) atoms. The lowest BCUT2D eigenvalue weighted by Gasteiger charge is -2.33. The number of rotatable bonds is 3. The van der Waals surface area contributed by atoms with E-state index in [9.17, 15) is 9.59 Å². The minimum absolute atomic E-state index is 0.0863. The zero-order chi connectivity index (χ0) is 20.9. The third-order valence-electron chi connectivity index (χ3n) is 6.13. The molecule has 1 aliphatic carbocycles. The van der Waals surface area contributed by atoms with Gasteiger partial charge in [0.1, 0.15) is 11.8 Å². The monoisotopic (exact) mass is 401 g/mol. The van der Waals surface area contributed by atoms with Crippen molar-refractivity contribution in [3.8, 4) is 11.5 Å². The minimum atomic E-state index is -0.966. The van der Waals surface area contributed by atoms with Crippen LogP contribution in [0.25, 0.3) is 11.5 Å². The molecule has 5 rings (SSSR count). The number of hydrogen-bond acceptors (Lipinski definition) is 4. The summed E-state index contributed by atoms with van der Waals surface area (Å²) in [6.45, 7) is 4.13. The number of amides is 3. The fourth-order valence-electron chi connectivity index (χ4n) is 4.67. The number of carbonyl (C=O) groups excluding carboxylic acids is 2. The van der Waals surface area contributed by atoms with Gasteiger partial charge in [0.2, 0.25) is 5.89 Å². The molecular formula is C24H23N3O3. The first-order valence-corrected chi connectivity index (χ1v) is 10.2. The molecule has 0 bridgehead atoms. The van der Waals surface area contributed by atoms with E-state index in [1.165, 1.54) is 16.7 Å². The molecule has 1 N–H and O–H groups in total. The summed E-state index contributed by atoms with van der Waals surface area (Å²) >= 11 is 0. The van der Waals surface area contributed by atoms with Crippen LogP contribution in [0.2, 0.25) is 0 Å². The number of oxazole rings is 1. The van der Waals surface area contributed by atoms with Crippen LogP contribution in [0.4, 0.5) is 4.79 Å². The highest BCUT2D eigenvalue weighted by Gasteiger charge is 2.53. The van der Waals surface area contributed by atoms with Crippen molar-refractivity contribution in [2.45, 2.75) is 45.2 Å². The second-order valence-corrected chi connectivity index (χ2v) is 8.20. The summed E-state index contributed by atoms with van der Waals surface area (Å²) in [5.41, 5.74) is 4.76. The van der Waals surface area contributed by atoms with E-state index in [2.05, 4.69) is 16.4 Å². The molecule has 2 aliphatic rings. The number of hydrogen-bond donors (Lipinski definition) is 1. The van der Waals surface area contributed by atoms with E-state index in [0.717, 1.165) is 35.1 Å². The van der Waals surface area contributed by atoms with E-state index in [-0.39, 0.29) is 18.5 Å². The molecule has 0 saturated carbocycles. The van der Waals surface area contributed by atoms with Crippen molar-refractivity contribution < 1.29 is 14.0 Å². The Labute approximate surface area is 174 Å². The lowest BCUT2D eigenvalue weighted by atomic mass is 9.76. The number of carbonyl (C=O) groups is 2. The maximum Gasteiger partial charge on any atom is 0.325 e. The van der Waals surface area contributed by atoms with Crippen LogP contribution in [0.15, 0.2) is 53.1 Å². The van der Waals surface area contributed by atoms with Crippen LogP contribution in [0.1, 0.15) is 40.8 Å².